The van der Waals surface area contributed by atoms with Crippen molar-refractivity contribution in [2.24, 2.45) is 10.9 Å². The number of methoxy groups -OCH3 is 1. The highest BCUT2D eigenvalue weighted by atomic mass is 19.1. The molecule has 6 nitrogen and oxygen atoms in total. The predicted molar refractivity (Wildman–Crippen MR) is 114 cm³/mol. The second-order valence-electron chi connectivity index (χ2n) is 8.14. The van der Waals surface area contributed by atoms with Crippen LogP contribution in [0.25, 0.3) is 0 Å². The highest BCUT2D eigenvalue weighted by molar-refractivity contribution is 5.80. The van der Waals surface area contributed by atoms with Crippen LogP contribution in [0.4, 0.5) is 4.39 Å². The van der Waals surface area contributed by atoms with E-state index in [1.807, 2.05) is 6.07 Å². The van der Waals surface area contributed by atoms with Gasteiger partial charge in [-0.2, -0.15) is 0 Å². The minimum absolute atomic E-state index is 0.201. The van der Waals surface area contributed by atoms with Crippen molar-refractivity contribution in [3.05, 3.63) is 29.6 Å². The lowest BCUT2D eigenvalue weighted by Crippen LogP contribution is -2.48. The number of nitrogens with zero attached hydrogens (tertiary/aromatic N) is 2. The van der Waals surface area contributed by atoms with E-state index in [0.29, 0.717) is 12.6 Å². The molecule has 1 aromatic rings. The summed E-state index contributed by atoms with van der Waals surface area (Å²) >= 11 is 0. The van der Waals surface area contributed by atoms with Crippen molar-refractivity contribution in [1.29, 1.82) is 0 Å². The highest BCUT2D eigenvalue weighted by Gasteiger charge is 2.25. The van der Waals surface area contributed by atoms with Crippen LogP contribution in [0, 0.1) is 11.7 Å². The Bertz CT molecular complexity index is 677. The summed E-state index contributed by atoms with van der Waals surface area (Å²) in [6.45, 7) is 6.25. The van der Waals surface area contributed by atoms with Crippen molar-refractivity contribution in [2.75, 3.05) is 33.3 Å². The van der Waals surface area contributed by atoms with Gasteiger partial charge in [-0.05, 0) is 50.3 Å². The molecule has 1 heterocycles. The number of halogens is 1. The Kier molecular flexibility index (Phi) is 8.12. The molecule has 2 atom stereocenters. The molecule has 0 amide bonds. The van der Waals surface area contributed by atoms with E-state index in [1.54, 1.807) is 12.1 Å². The van der Waals surface area contributed by atoms with E-state index in [4.69, 9.17) is 9.73 Å². The van der Waals surface area contributed by atoms with Gasteiger partial charge in [-0.3, -0.25) is 9.89 Å². The molecule has 1 saturated heterocycles. The minimum atomic E-state index is -0.305. The highest BCUT2D eigenvalue weighted by Crippen LogP contribution is 2.25. The fourth-order valence-electron chi connectivity index (χ4n) is 4.25. The van der Waals surface area contributed by atoms with E-state index in [-0.39, 0.29) is 23.6 Å². The van der Waals surface area contributed by atoms with Crippen LogP contribution in [-0.4, -0.2) is 61.4 Å². The van der Waals surface area contributed by atoms with Crippen LogP contribution in [0.15, 0.2) is 23.2 Å². The van der Waals surface area contributed by atoms with Crippen LogP contribution in [0.5, 0.6) is 5.75 Å². The predicted octanol–water partition coefficient (Wildman–Crippen LogP) is 2.51. The Morgan fingerprint density at radius 2 is 2.07 bits per heavy atom. The minimum Gasteiger partial charge on any atom is -0.494 e. The number of guanidine groups is 1. The summed E-state index contributed by atoms with van der Waals surface area (Å²) in [4.78, 5) is 7.08. The molecule has 0 spiro atoms. The molecule has 0 radical (unpaired) electrons. The average Bonchev–Trinajstić information content (AvgIpc) is 3.13. The third-order valence-corrected chi connectivity index (χ3v) is 6.00. The van der Waals surface area contributed by atoms with Crippen molar-refractivity contribution < 1.29 is 14.2 Å². The number of rotatable bonds is 7. The second-order valence-corrected chi connectivity index (χ2v) is 8.14. The molecule has 1 aliphatic carbocycles. The molecule has 1 aliphatic heterocycles. The summed E-state index contributed by atoms with van der Waals surface area (Å²) in [7, 11) is 1.48. The van der Waals surface area contributed by atoms with Gasteiger partial charge in [0.2, 0.25) is 0 Å². The van der Waals surface area contributed by atoms with Crippen LogP contribution < -0.4 is 15.4 Å². The number of aliphatic hydroxyl groups is 1. The summed E-state index contributed by atoms with van der Waals surface area (Å²) in [6.07, 6.45) is 4.91. The second kappa shape index (κ2) is 10.8. The molecule has 3 N–H and O–H groups in total. The van der Waals surface area contributed by atoms with Crippen LogP contribution in [0.1, 0.15) is 44.6 Å². The molecule has 3 rings (SSSR count). The quantitative estimate of drug-likeness (QED) is 0.480. The number of aliphatic imine (C=N–C) groups is 1. The molecule has 1 aromatic carbocycles. The zero-order chi connectivity index (χ0) is 20.6. The van der Waals surface area contributed by atoms with Crippen molar-refractivity contribution in [3.63, 3.8) is 0 Å². The zero-order valence-corrected chi connectivity index (χ0v) is 17.7. The van der Waals surface area contributed by atoms with Crippen molar-refractivity contribution in [3.8, 4) is 5.75 Å². The van der Waals surface area contributed by atoms with Crippen molar-refractivity contribution >= 4 is 5.96 Å². The zero-order valence-electron chi connectivity index (χ0n) is 17.7. The van der Waals surface area contributed by atoms with Gasteiger partial charge >= 0.3 is 0 Å². The number of hydrogen-bond donors (Lipinski definition) is 3. The Morgan fingerprint density at radius 3 is 2.69 bits per heavy atom. The lowest BCUT2D eigenvalue weighted by Gasteiger charge is -2.33. The first-order chi connectivity index (χ1) is 14.1. The monoisotopic (exact) mass is 406 g/mol. The number of benzene rings is 1. The van der Waals surface area contributed by atoms with Gasteiger partial charge < -0.3 is 20.5 Å². The van der Waals surface area contributed by atoms with Gasteiger partial charge in [0.25, 0.3) is 0 Å². The fourth-order valence-corrected chi connectivity index (χ4v) is 4.25. The van der Waals surface area contributed by atoms with E-state index in [9.17, 15) is 9.50 Å². The summed E-state index contributed by atoms with van der Waals surface area (Å²) in [5.41, 5.74) is 0.972. The van der Waals surface area contributed by atoms with E-state index < -0.39 is 0 Å². The molecular weight excluding hydrogens is 371 g/mol. The largest absolute Gasteiger partial charge is 0.494 e. The smallest absolute Gasteiger partial charge is 0.191 e. The molecule has 29 heavy (non-hydrogen) atoms. The van der Waals surface area contributed by atoms with Gasteiger partial charge in [0.1, 0.15) is 0 Å². The molecule has 1 saturated carbocycles. The van der Waals surface area contributed by atoms with Gasteiger partial charge in [0.05, 0.1) is 13.2 Å². The fraction of sp³-hybridized carbons (Fsp3) is 0.682. The number of piperidine rings is 1. The maximum absolute atomic E-state index is 13.9. The summed E-state index contributed by atoms with van der Waals surface area (Å²) < 4.78 is 18.9. The molecule has 2 unspecified atom stereocenters. The van der Waals surface area contributed by atoms with E-state index in [0.717, 1.165) is 69.8 Å². The standard InChI is InChI=1S/C22H35FN4O2/c1-3-24-22(25-14-17-5-4-6-20(17)28)26-18-9-11-27(12-10-18)15-16-7-8-21(29-2)19(23)13-16/h7-8,13,17-18,20,28H,3-6,9-12,14-15H2,1-2H3,(H2,24,25,26). The Balaban J connectivity index is 1.46. The molecule has 0 aromatic heterocycles. The molecule has 2 aliphatic rings. The van der Waals surface area contributed by atoms with Gasteiger partial charge in [-0.1, -0.05) is 12.5 Å². The van der Waals surface area contributed by atoms with Gasteiger partial charge in [0.15, 0.2) is 17.5 Å². The van der Waals surface area contributed by atoms with Crippen LogP contribution in [-0.2, 0) is 6.54 Å². The SMILES string of the molecule is CCNC(=NCC1CCCC1O)NC1CCN(Cc2ccc(OC)c(F)c2)CC1. The lowest BCUT2D eigenvalue weighted by molar-refractivity contribution is 0.136. The van der Waals surface area contributed by atoms with Crippen LogP contribution >= 0.6 is 0 Å². The van der Waals surface area contributed by atoms with Gasteiger partial charge in [-0.15, -0.1) is 0 Å². The van der Waals surface area contributed by atoms with E-state index in [1.165, 1.54) is 7.11 Å². The van der Waals surface area contributed by atoms with Crippen LogP contribution in [0.2, 0.25) is 0 Å². The van der Waals surface area contributed by atoms with Crippen molar-refractivity contribution in [2.45, 2.75) is 57.7 Å². The number of ether oxygens (including phenoxy) is 1. The maximum Gasteiger partial charge on any atom is 0.191 e. The topological polar surface area (TPSA) is 69.1 Å². The van der Waals surface area contributed by atoms with E-state index in [2.05, 4.69) is 22.5 Å². The molecule has 0 bridgehead atoms. The summed E-state index contributed by atoms with van der Waals surface area (Å²) in [6, 6.07) is 5.57. The third kappa shape index (κ3) is 6.31. The number of likely N-dealkylation sites (tertiary alicyclic amines) is 1. The van der Waals surface area contributed by atoms with Crippen molar-refractivity contribution in [1.82, 2.24) is 15.5 Å². The third-order valence-electron chi connectivity index (χ3n) is 6.00. The Labute approximate surface area is 173 Å². The first-order valence-corrected chi connectivity index (χ1v) is 10.9. The van der Waals surface area contributed by atoms with Gasteiger partial charge in [0, 0.05) is 44.7 Å². The molecule has 162 valence electrons. The number of nitrogens with one attached hydrogen (secondary N) is 2. The Hall–Kier alpha value is -1.86. The summed E-state index contributed by atoms with van der Waals surface area (Å²) in [5.74, 6) is 1.12. The average molecular weight is 407 g/mol. The first kappa shape index (κ1) is 21.8. The normalized spacial score (nSPS) is 23.9. The molecular formula is C22H35FN4O2. The van der Waals surface area contributed by atoms with Gasteiger partial charge in [-0.25, -0.2) is 4.39 Å². The van der Waals surface area contributed by atoms with Crippen LogP contribution in [0.3, 0.4) is 0 Å². The summed E-state index contributed by atoms with van der Waals surface area (Å²) in [5, 5.41) is 16.9. The van der Waals surface area contributed by atoms with E-state index >= 15 is 0 Å². The lowest BCUT2D eigenvalue weighted by atomic mass is 10.0. The maximum atomic E-state index is 13.9. The molecule has 7 heteroatoms. The number of aliphatic hydroxyl groups excluding tert-OH is 1. The first-order valence-electron chi connectivity index (χ1n) is 10.9. The number of hydrogen-bond acceptors (Lipinski definition) is 4. The molecule has 2 fully saturated rings. The Morgan fingerprint density at radius 1 is 1.28 bits per heavy atom.